The van der Waals surface area contributed by atoms with Gasteiger partial charge in [0, 0.05) is 13.1 Å². The third-order valence-corrected chi connectivity index (χ3v) is 3.66. The maximum absolute atomic E-state index is 11.1. The molecular formula is C14H12ClN3O. The number of benzene rings is 1. The van der Waals surface area contributed by atoms with Crippen LogP contribution in [0.15, 0.2) is 30.6 Å². The molecule has 2 heterocycles. The van der Waals surface area contributed by atoms with Gasteiger partial charge < -0.3 is 4.90 Å². The number of carbonyl (C=O) groups is 1. The zero-order valence-corrected chi connectivity index (χ0v) is 11.0. The van der Waals surface area contributed by atoms with Crippen molar-refractivity contribution in [1.29, 1.82) is 0 Å². The molecule has 96 valence electrons. The Labute approximate surface area is 116 Å². The van der Waals surface area contributed by atoms with Crippen molar-refractivity contribution in [2.75, 3.05) is 11.4 Å². The molecule has 4 nitrogen and oxygen atoms in total. The minimum atomic E-state index is 0.207. The van der Waals surface area contributed by atoms with Crippen molar-refractivity contribution < 1.29 is 4.79 Å². The molecule has 0 unspecified atom stereocenters. The van der Waals surface area contributed by atoms with Gasteiger partial charge in [-0.25, -0.2) is 9.97 Å². The van der Waals surface area contributed by atoms with E-state index < -0.39 is 0 Å². The molecule has 0 bridgehead atoms. The standard InChI is InChI=1S/C14H12ClN3O/c15-13-12(8-19)14(17-9-16-13)18-6-5-10-3-1-2-4-11(10)7-18/h1-4,8-9H,5-7H2. The summed E-state index contributed by atoms with van der Waals surface area (Å²) in [6.07, 6.45) is 3.06. The second-order valence-electron chi connectivity index (χ2n) is 4.46. The number of halogens is 1. The summed E-state index contributed by atoms with van der Waals surface area (Å²) in [7, 11) is 0. The maximum Gasteiger partial charge on any atom is 0.156 e. The normalized spacial score (nSPS) is 14.1. The highest BCUT2D eigenvalue weighted by molar-refractivity contribution is 6.32. The molecule has 1 aliphatic heterocycles. The molecule has 0 atom stereocenters. The largest absolute Gasteiger partial charge is 0.351 e. The summed E-state index contributed by atoms with van der Waals surface area (Å²) >= 11 is 5.94. The van der Waals surface area contributed by atoms with Gasteiger partial charge in [-0.15, -0.1) is 0 Å². The minimum Gasteiger partial charge on any atom is -0.351 e. The molecule has 0 saturated heterocycles. The van der Waals surface area contributed by atoms with Crippen LogP contribution in [0.2, 0.25) is 5.15 Å². The van der Waals surface area contributed by atoms with Crippen LogP contribution in [-0.4, -0.2) is 22.8 Å². The summed E-state index contributed by atoms with van der Waals surface area (Å²) in [5, 5.41) is 0.207. The molecule has 0 saturated carbocycles. The van der Waals surface area contributed by atoms with E-state index in [2.05, 4.69) is 27.0 Å². The Bertz CT molecular complexity index is 630. The van der Waals surface area contributed by atoms with Gasteiger partial charge in [0.05, 0.1) is 5.56 Å². The number of carbonyl (C=O) groups excluding carboxylic acids is 1. The lowest BCUT2D eigenvalue weighted by Gasteiger charge is -2.30. The average molecular weight is 274 g/mol. The second-order valence-corrected chi connectivity index (χ2v) is 4.82. The van der Waals surface area contributed by atoms with Crippen molar-refractivity contribution in [1.82, 2.24) is 9.97 Å². The smallest absolute Gasteiger partial charge is 0.156 e. The number of rotatable bonds is 2. The number of anilines is 1. The molecule has 1 aromatic heterocycles. The predicted molar refractivity (Wildman–Crippen MR) is 73.6 cm³/mol. The van der Waals surface area contributed by atoms with Crippen molar-refractivity contribution in [3.8, 4) is 0 Å². The molecule has 0 N–H and O–H groups in total. The zero-order valence-electron chi connectivity index (χ0n) is 10.2. The molecule has 1 aliphatic rings. The third-order valence-electron chi connectivity index (χ3n) is 3.36. The van der Waals surface area contributed by atoms with Crippen molar-refractivity contribution in [2.45, 2.75) is 13.0 Å². The number of aromatic nitrogens is 2. The van der Waals surface area contributed by atoms with Crippen LogP contribution < -0.4 is 4.90 Å². The topological polar surface area (TPSA) is 46.1 Å². The first kappa shape index (κ1) is 12.1. The van der Waals surface area contributed by atoms with Crippen LogP contribution in [0.25, 0.3) is 0 Å². The summed E-state index contributed by atoms with van der Waals surface area (Å²) in [6, 6.07) is 8.31. The van der Waals surface area contributed by atoms with Crippen LogP contribution in [0.1, 0.15) is 21.5 Å². The summed E-state index contributed by atoms with van der Waals surface area (Å²) in [6.45, 7) is 1.57. The third kappa shape index (κ3) is 2.19. The molecule has 0 spiro atoms. The van der Waals surface area contributed by atoms with E-state index >= 15 is 0 Å². The lowest BCUT2D eigenvalue weighted by molar-refractivity contribution is 0.112. The second kappa shape index (κ2) is 4.97. The van der Waals surface area contributed by atoms with E-state index in [0.717, 1.165) is 25.8 Å². The molecular weight excluding hydrogens is 262 g/mol. The van der Waals surface area contributed by atoms with E-state index in [-0.39, 0.29) is 5.15 Å². The quantitative estimate of drug-likeness (QED) is 0.623. The Morgan fingerprint density at radius 3 is 2.79 bits per heavy atom. The van der Waals surface area contributed by atoms with E-state index in [1.165, 1.54) is 17.5 Å². The maximum atomic E-state index is 11.1. The van der Waals surface area contributed by atoms with Crippen LogP contribution in [0.4, 0.5) is 5.82 Å². The SMILES string of the molecule is O=Cc1c(Cl)ncnc1N1CCc2ccccc2C1. The van der Waals surface area contributed by atoms with Gasteiger partial charge in [-0.05, 0) is 17.5 Å². The molecule has 3 rings (SSSR count). The predicted octanol–water partition coefficient (Wildman–Crippen LogP) is 2.51. The van der Waals surface area contributed by atoms with Crippen molar-refractivity contribution in [2.24, 2.45) is 0 Å². The Morgan fingerprint density at radius 2 is 2.00 bits per heavy atom. The average Bonchev–Trinajstić information content (AvgIpc) is 2.46. The van der Waals surface area contributed by atoms with Crippen molar-refractivity contribution in [3.63, 3.8) is 0 Å². The number of hydrogen-bond acceptors (Lipinski definition) is 4. The highest BCUT2D eigenvalue weighted by atomic mass is 35.5. The van der Waals surface area contributed by atoms with Gasteiger partial charge in [-0.1, -0.05) is 35.9 Å². The van der Waals surface area contributed by atoms with Crippen LogP contribution in [0, 0.1) is 0 Å². The summed E-state index contributed by atoms with van der Waals surface area (Å²) in [5.74, 6) is 0.615. The first-order valence-corrected chi connectivity index (χ1v) is 6.45. The van der Waals surface area contributed by atoms with Gasteiger partial charge in [-0.2, -0.15) is 0 Å². The molecule has 2 aromatic rings. The van der Waals surface area contributed by atoms with Crippen LogP contribution in [0.5, 0.6) is 0 Å². The molecule has 0 radical (unpaired) electrons. The number of hydrogen-bond donors (Lipinski definition) is 0. The monoisotopic (exact) mass is 273 g/mol. The van der Waals surface area contributed by atoms with E-state index in [1.54, 1.807) is 0 Å². The Balaban J connectivity index is 1.98. The van der Waals surface area contributed by atoms with Gasteiger partial charge in [-0.3, -0.25) is 4.79 Å². The van der Waals surface area contributed by atoms with Crippen LogP contribution in [0.3, 0.4) is 0 Å². The fourth-order valence-electron chi connectivity index (χ4n) is 2.40. The fraction of sp³-hybridized carbons (Fsp3) is 0.214. The molecule has 0 amide bonds. The Morgan fingerprint density at radius 1 is 1.21 bits per heavy atom. The van der Waals surface area contributed by atoms with Gasteiger partial charge in [0.2, 0.25) is 0 Å². The van der Waals surface area contributed by atoms with Gasteiger partial charge in [0.1, 0.15) is 17.3 Å². The lowest BCUT2D eigenvalue weighted by Crippen LogP contribution is -2.32. The molecule has 5 heteroatoms. The van der Waals surface area contributed by atoms with Gasteiger partial charge in [0.25, 0.3) is 0 Å². The Hall–Kier alpha value is -1.94. The van der Waals surface area contributed by atoms with E-state index in [1.807, 2.05) is 12.1 Å². The molecule has 0 fully saturated rings. The number of fused-ring (bicyclic) bond motifs is 1. The van der Waals surface area contributed by atoms with E-state index in [4.69, 9.17) is 11.6 Å². The first-order chi connectivity index (χ1) is 9.29. The highest BCUT2D eigenvalue weighted by Gasteiger charge is 2.20. The molecule has 19 heavy (non-hydrogen) atoms. The molecule has 0 aliphatic carbocycles. The van der Waals surface area contributed by atoms with Gasteiger partial charge in [0.15, 0.2) is 6.29 Å². The summed E-state index contributed by atoms with van der Waals surface area (Å²) < 4.78 is 0. The van der Waals surface area contributed by atoms with Crippen LogP contribution in [-0.2, 0) is 13.0 Å². The Kier molecular flexibility index (Phi) is 3.17. The summed E-state index contributed by atoms with van der Waals surface area (Å²) in [4.78, 5) is 21.3. The van der Waals surface area contributed by atoms with E-state index in [0.29, 0.717) is 11.4 Å². The number of nitrogens with zero attached hydrogens (tertiary/aromatic N) is 3. The van der Waals surface area contributed by atoms with Crippen molar-refractivity contribution >= 4 is 23.7 Å². The lowest BCUT2D eigenvalue weighted by atomic mass is 10.00. The molecule has 1 aromatic carbocycles. The van der Waals surface area contributed by atoms with Crippen LogP contribution >= 0.6 is 11.6 Å². The van der Waals surface area contributed by atoms with Crippen molar-refractivity contribution in [3.05, 3.63) is 52.4 Å². The fourth-order valence-corrected chi connectivity index (χ4v) is 2.57. The summed E-state index contributed by atoms with van der Waals surface area (Å²) in [5.41, 5.74) is 2.98. The van der Waals surface area contributed by atoms with E-state index in [9.17, 15) is 4.79 Å². The number of aldehydes is 1. The minimum absolute atomic E-state index is 0.207. The zero-order chi connectivity index (χ0) is 13.2. The highest BCUT2D eigenvalue weighted by Crippen LogP contribution is 2.27. The first-order valence-electron chi connectivity index (χ1n) is 6.07. The van der Waals surface area contributed by atoms with Gasteiger partial charge >= 0.3 is 0 Å².